The molecule has 2 N–H and O–H groups in total. The minimum absolute atomic E-state index is 0.101. The smallest absolute Gasteiger partial charge is 0.134 e. The van der Waals surface area contributed by atoms with Crippen molar-refractivity contribution >= 4 is 76.2 Å². The van der Waals surface area contributed by atoms with Crippen molar-refractivity contribution in [2.45, 2.75) is 41.0 Å². The molecule has 2 atom stereocenters. The first-order valence-electron chi connectivity index (χ1n) is 17.1. The molecule has 6 heteroatoms. The summed E-state index contributed by atoms with van der Waals surface area (Å²) in [5, 5.41) is 29.6. The van der Waals surface area contributed by atoms with E-state index in [0.29, 0.717) is 49.3 Å². The molecule has 0 spiro atoms. The van der Waals surface area contributed by atoms with E-state index in [1.165, 1.54) is 6.42 Å². The van der Waals surface area contributed by atoms with Crippen LogP contribution in [0, 0.1) is 32.6 Å². The second kappa shape index (κ2) is 12.2. The van der Waals surface area contributed by atoms with Gasteiger partial charge in [0.05, 0.1) is 33.1 Å². The molecule has 9 rings (SSSR count). The first-order chi connectivity index (χ1) is 24.1. The standard InChI is InChI=1S/C39H28N4O2.C5H10/c1-21-14-28-20-40-34-18-26-6-4-5-7-27(26)19-35(34)41-23(3)29-15-22(2)17-31(39(29)45)33-13-11-25-9-8-24-10-12-32(30(16-21)38(28)44)42-36(24)37(25)43-33;1-4-3-5(4)2/h4-20,44-45H,1-3H3;4-5H,3H2,1-2H3. The lowest BCUT2D eigenvalue weighted by Gasteiger charge is -2.08. The van der Waals surface area contributed by atoms with Crippen molar-refractivity contribution in [3.8, 4) is 11.5 Å². The fourth-order valence-corrected chi connectivity index (χ4v) is 6.72. The van der Waals surface area contributed by atoms with Crippen LogP contribution in [-0.2, 0) is 0 Å². The molecule has 6 nitrogen and oxygen atoms in total. The summed E-state index contributed by atoms with van der Waals surface area (Å²) in [7, 11) is 0. The van der Waals surface area contributed by atoms with Crippen LogP contribution in [0.15, 0.2) is 103 Å². The van der Waals surface area contributed by atoms with Crippen molar-refractivity contribution in [2.75, 3.05) is 0 Å². The second-order valence-corrected chi connectivity index (χ2v) is 13.9. The first kappa shape index (κ1) is 31.4. The predicted molar refractivity (Wildman–Crippen MR) is 207 cm³/mol. The maximum Gasteiger partial charge on any atom is 0.134 e. The molecule has 1 aliphatic rings. The van der Waals surface area contributed by atoms with Crippen molar-refractivity contribution in [3.05, 3.63) is 120 Å². The van der Waals surface area contributed by atoms with Crippen LogP contribution < -0.4 is 0 Å². The quantitative estimate of drug-likeness (QED) is 0.158. The molecule has 3 heterocycles. The third-order valence-electron chi connectivity index (χ3n) is 9.98. The van der Waals surface area contributed by atoms with Gasteiger partial charge in [-0.25, -0.2) is 9.97 Å². The summed E-state index contributed by atoms with van der Waals surface area (Å²) in [4.78, 5) is 20.0. The lowest BCUT2D eigenvalue weighted by atomic mass is 10.0. The van der Waals surface area contributed by atoms with E-state index in [4.69, 9.17) is 19.9 Å². The highest BCUT2D eigenvalue weighted by Gasteiger charge is 2.26. The first-order valence-corrected chi connectivity index (χ1v) is 17.1. The topological polar surface area (TPSA) is 92.0 Å². The van der Waals surface area contributed by atoms with Gasteiger partial charge in [-0.3, -0.25) is 9.97 Å². The normalized spacial score (nSPS) is 15.4. The summed E-state index contributed by atoms with van der Waals surface area (Å²) < 4.78 is 0. The molecule has 8 aromatic rings. The summed E-state index contributed by atoms with van der Waals surface area (Å²) >= 11 is 0. The summed E-state index contributed by atoms with van der Waals surface area (Å²) in [5.74, 6) is 2.32. The van der Waals surface area contributed by atoms with Gasteiger partial charge >= 0.3 is 0 Å². The summed E-state index contributed by atoms with van der Waals surface area (Å²) in [6, 6.07) is 31.7. The third-order valence-corrected chi connectivity index (χ3v) is 9.98. The molecule has 1 fully saturated rings. The van der Waals surface area contributed by atoms with Gasteiger partial charge in [0, 0.05) is 44.2 Å². The van der Waals surface area contributed by atoms with Crippen molar-refractivity contribution < 1.29 is 10.2 Å². The van der Waals surface area contributed by atoms with Crippen LogP contribution in [0.5, 0.6) is 11.5 Å². The monoisotopic (exact) mass is 654 g/mol. The number of nitrogens with zero attached hydrogens (tertiary/aromatic N) is 4. The molecular weight excluding hydrogens is 617 g/mol. The van der Waals surface area contributed by atoms with E-state index >= 15 is 0 Å². The molecule has 2 unspecified atom stereocenters. The number of pyridine rings is 2. The van der Waals surface area contributed by atoms with E-state index in [2.05, 4.69) is 13.8 Å². The van der Waals surface area contributed by atoms with Gasteiger partial charge < -0.3 is 10.2 Å². The van der Waals surface area contributed by atoms with Gasteiger partial charge in [0.1, 0.15) is 11.5 Å². The highest BCUT2D eigenvalue weighted by Crippen LogP contribution is 2.36. The number of fused-ring (bicyclic) bond motifs is 10. The molecule has 0 aliphatic heterocycles. The van der Waals surface area contributed by atoms with E-state index in [1.807, 2.05) is 118 Å². The number of hydrogen-bond donors (Lipinski definition) is 2. The Morgan fingerprint density at radius 2 is 1.00 bits per heavy atom. The van der Waals surface area contributed by atoms with Crippen LogP contribution in [0.1, 0.15) is 37.1 Å². The number of hydrogen-bond acceptors (Lipinski definition) is 6. The molecule has 1 saturated carbocycles. The average molecular weight is 655 g/mol. The van der Waals surface area contributed by atoms with Gasteiger partial charge in [0.25, 0.3) is 0 Å². The highest BCUT2D eigenvalue weighted by atomic mass is 16.3. The molecular formula is C44H38N4O2. The SMILES string of the molecule is CC1CC1C.Cc1cc2cnc3cc4ccccc4cc3nc(C)c3cc(C)cc(c3O)c3ccc4ccc5ccc(nc5c4n3)c(c1)c2O. The number of aromatic nitrogens is 4. The van der Waals surface area contributed by atoms with E-state index < -0.39 is 0 Å². The zero-order valence-corrected chi connectivity index (χ0v) is 28.9. The summed E-state index contributed by atoms with van der Waals surface area (Å²) in [5.41, 5.74) is 6.58. The Morgan fingerprint density at radius 1 is 0.500 bits per heavy atom. The molecule has 1 aliphatic carbocycles. The molecule has 0 saturated heterocycles. The molecule has 246 valence electrons. The molecule has 50 heavy (non-hydrogen) atoms. The van der Waals surface area contributed by atoms with Crippen molar-refractivity contribution in [2.24, 2.45) is 11.8 Å². The lowest BCUT2D eigenvalue weighted by molar-refractivity contribution is 0.486. The van der Waals surface area contributed by atoms with Gasteiger partial charge in [-0.05, 0) is 109 Å². The minimum Gasteiger partial charge on any atom is -0.507 e. The Labute approximate surface area is 290 Å². The van der Waals surface area contributed by atoms with E-state index in [1.54, 1.807) is 6.20 Å². The van der Waals surface area contributed by atoms with Crippen molar-refractivity contribution in [3.63, 3.8) is 0 Å². The van der Waals surface area contributed by atoms with Crippen LogP contribution in [0.3, 0.4) is 0 Å². The van der Waals surface area contributed by atoms with Gasteiger partial charge in [-0.1, -0.05) is 62.4 Å². The second-order valence-electron chi connectivity index (χ2n) is 13.9. The highest BCUT2D eigenvalue weighted by molar-refractivity contribution is 6.07. The number of phenols is 2. The molecule has 0 radical (unpaired) electrons. The Balaban J connectivity index is 0.000000666. The Hall–Kier alpha value is -5.88. The van der Waals surface area contributed by atoms with Gasteiger partial charge in [0.2, 0.25) is 0 Å². The third kappa shape index (κ3) is 5.77. The Bertz CT molecular complexity index is 2790. The number of benzene rings is 5. The number of aromatic hydroxyl groups is 2. The van der Waals surface area contributed by atoms with Crippen LogP contribution in [0.25, 0.3) is 76.2 Å². The predicted octanol–water partition coefficient (Wildman–Crippen LogP) is 11.0. The van der Waals surface area contributed by atoms with E-state index in [9.17, 15) is 10.2 Å². The van der Waals surface area contributed by atoms with Crippen LogP contribution in [-0.4, -0.2) is 30.1 Å². The fourth-order valence-electron chi connectivity index (χ4n) is 6.72. The van der Waals surface area contributed by atoms with Crippen LogP contribution in [0.4, 0.5) is 0 Å². The van der Waals surface area contributed by atoms with E-state index in [-0.39, 0.29) is 11.5 Å². The van der Waals surface area contributed by atoms with Crippen LogP contribution in [0.2, 0.25) is 0 Å². The average Bonchev–Trinajstić information content (AvgIpc) is 3.78. The van der Waals surface area contributed by atoms with Crippen LogP contribution >= 0.6 is 0 Å². The van der Waals surface area contributed by atoms with Crippen molar-refractivity contribution in [1.29, 1.82) is 0 Å². The van der Waals surface area contributed by atoms with Gasteiger partial charge in [0.15, 0.2) is 0 Å². The van der Waals surface area contributed by atoms with Gasteiger partial charge in [-0.2, -0.15) is 0 Å². The molecule has 3 aromatic heterocycles. The summed E-state index contributed by atoms with van der Waals surface area (Å²) in [6.45, 7) is 10.5. The van der Waals surface area contributed by atoms with E-state index in [0.717, 1.165) is 55.5 Å². The molecule has 0 amide bonds. The maximum absolute atomic E-state index is 11.7. The minimum atomic E-state index is 0.101. The van der Waals surface area contributed by atoms with Crippen molar-refractivity contribution in [1.82, 2.24) is 19.9 Å². The maximum atomic E-state index is 11.7. The largest absolute Gasteiger partial charge is 0.507 e. The van der Waals surface area contributed by atoms with Gasteiger partial charge in [-0.15, -0.1) is 0 Å². The Morgan fingerprint density at radius 3 is 1.58 bits per heavy atom. The molecule has 8 bridgehead atoms. The molecule has 5 aromatic carbocycles. The zero-order chi connectivity index (χ0) is 34.7. The zero-order valence-electron chi connectivity index (χ0n) is 28.9. The summed E-state index contributed by atoms with van der Waals surface area (Å²) in [6.07, 6.45) is 3.15. The number of phenolic OH excluding ortho intramolecular Hbond substituents is 2. The number of aryl methyl sites for hydroxylation is 3. The fraction of sp³-hybridized carbons (Fsp3) is 0.182. The number of rotatable bonds is 0. The lowest BCUT2D eigenvalue weighted by Crippen LogP contribution is -1.89. The Kier molecular flexibility index (Phi) is 7.67.